The molecule has 4 rings (SSSR count). The van der Waals surface area contributed by atoms with Crippen molar-refractivity contribution >= 4 is 33.7 Å². The van der Waals surface area contributed by atoms with Crippen LogP contribution in [-0.4, -0.2) is 16.3 Å². The van der Waals surface area contributed by atoms with E-state index in [9.17, 15) is 5.11 Å². The van der Waals surface area contributed by atoms with Crippen LogP contribution in [0.1, 0.15) is 5.56 Å². The molecule has 3 heteroatoms. The van der Waals surface area contributed by atoms with E-state index in [-0.39, 0.29) is 5.75 Å². The predicted molar refractivity (Wildman–Crippen MR) is 91.2 cm³/mol. The molecule has 0 fully saturated rings. The number of fused-ring (bicyclic) bond motifs is 3. The van der Waals surface area contributed by atoms with Crippen molar-refractivity contribution in [1.82, 2.24) is 4.98 Å². The van der Waals surface area contributed by atoms with E-state index in [2.05, 4.69) is 34.2 Å². The van der Waals surface area contributed by atoms with Crippen LogP contribution in [0.2, 0.25) is 0 Å². The molecule has 0 aliphatic carbocycles. The van der Waals surface area contributed by atoms with E-state index in [0.29, 0.717) is 0 Å². The van der Waals surface area contributed by atoms with E-state index in [4.69, 9.17) is 0 Å². The molecule has 0 aliphatic rings. The average molecular weight is 286 g/mol. The summed E-state index contributed by atoms with van der Waals surface area (Å²) in [5.74, 6) is 0.261. The minimum Gasteiger partial charge on any atom is -0.508 e. The van der Waals surface area contributed by atoms with Crippen LogP contribution in [0.15, 0.2) is 71.7 Å². The number of nitrogens with one attached hydrogen (secondary N) is 1. The molecule has 0 atom stereocenters. The van der Waals surface area contributed by atoms with Gasteiger partial charge in [0.15, 0.2) is 0 Å². The van der Waals surface area contributed by atoms with Gasteiger partial charge in [0.25, 0.3) is 0 Å². The lowest BCUT2D eigenvalue weighted by Gasteiger charge is -1.96. The Hall–Kier alpha value is -3.07. The van der Waals surface area contributed by atoms with Crippen LogP contribution >= 0.6 is 0 Å². The van der Waals surface area contributed by atoms with Crippen molar-refractivity contribution in [3.63, 3.8) is 0 Å². The van der Waals surface area contributed by atoms with Crippen LogP contribution in [0, 0.1) is 0 Å². The third kappa shape index (κ3) is 2.23. The normalized spacial score (nSPS) is 11.6. The zero-order valence-electron chi connectivity index (χ0n) is 11.8. The Bertz CT molecular complexity index is 981. The number of phenols is 1. The molecule has 4 aromatic rings. The van der Waals surface area contributed by atoms with Crippen molar-refractivity contribution in [2.45, 2.75) is 0 Å². The fraction of sp³-hybridized carbons (Fsp3) is 0. The number of hydrogen-bond donors (Lipinski definition) is 2. The largest absolute Gasteiger partial charge is 0.508 e. The second kappa shape index (κ2) is 5.04. The van der Waals surface area contributed by atoms with E-state index in [1.807, 2.05) is 30.3 Å². The van der Waals surface area contributed by atoms with Crippen LogP contribution < -0.4 is 0 Å². The van der Waals surface area contributed by atoms with Gasteiger partial charge in [-0.2, -0.15) is 0 Å². The maximum atomic E-state index is 9.29. The summed E-state index contributed by atoms with van der Waals surface area (Å²) in [6, 6.07) is 21.4. The van der Waals surface area contributed by atoms with E-state index in [0.717, 1.165) is 22.3 Å². The predicted octanol–water partition coefficient (Wildman–Crippen LogP) is 4.78. The topological polar surface area (TPSA) is 48.4 Å². The number of nitrogens with zero attached hydrogens (tertiary/aromatic N) is 1. The number of aromatic hydroxyl groups is 1. The van der Waals surface area contributed by atoms with Crippen LogP contribution in [0.25, 0.3) is 21.8 Å². The number of aromatic amines is 1. The molecule has 0 radical (unpaired) electrons. The fourth-order valence-corrected chi connectivity index (χ4v) is 2.63. The van der Waals surface area contributed by atoms with E-state index in [1.165, 1.54) is 10.8 Å². The summed E-state index contributed by atoms with van der Waals surface area (Å²) in [7, 11) is 0. The molecule has 106 valence electrons. The molecule has 3 aromatic carbocycles. The van der Waals surface area contributed by atoms with E-state index >= 15 is 0 Å². The summed E-state index contributed by atoms with van der Waals surface area (Å²) in [6.07, 6.45) is 1.80. The maximum Gasteiger partial charge on any atom is 0.115 e. The standard InChI is InChI=1S/C19H14N2O/c22-15-8-5-13(6-9-15)12-20-14-7-10-19-17(11-14)16-3-1-2-4-18(16)21-19/h1-12,21-22H/b20-12+. The summed E-state index contributed by atoms with van der Waals surface area (Å²) in [6.45, 7) is 0. The van der Waals surface area contributed by atoms with Gasteiger partial charge in [-0.15, -0.1) is 0 Å². The molecule has 0 amide bonds. The van der Waals surface area contributed by atoms with Gasteiger partial charge in [-0.05, 0) is 54.1 Å². The van der Waals surface area contributed by atoms with Gasteiger partial charge < -0.3 is 10.1 Å². The van der Waals surface area contributed by atoms with Gasteiger partial charge in [0.1, 0.15) is 5.75 Å². The number of phenolic OH excluding ortho intramolecular Hbond substituents is 1. The van der Waals surface area contributed by atoms with Gasteiger partial charge in [0.2, 0.25) is 0 Å². The highest BCUT2D eigenvalue weighted by atomic mass is 16.3. The van der Waals surface area contributed by atoms with Gasteiger partial charge >= 0.3 is 0 Å². The third-order valence-corrected chi connectivity index (χ3v) is 3.75. The monoisotopic (exact) mass is 286 g/mol. The minimum atomic E-state index is 0.261. The maximum absolute atomic E-state index is 9.29. The molecule has 0 unspecified atom stereocenters. The Morgan fingerprint density at radius 2 is 1.59 bits per heavy atom. The lowest BCUT2D eigenvalue weighted by molar-refractivity contribution is 0.475. The summed E-state index contributed by atoms with van der Waals surface area (Å²) in [4.78, 5) is 7.93. The zero-order valence-corrected chi connectivity index (χ0v) is 11.8. The molecule has 22 heavy (non-hydrogen) atoms. The summed E-state index contributed by atoms with van der Waals surface area (Å²) < 4.78 is 0. The first kappa shape index (κ1) is 12.7. The Morgan fingerprint density at radius 3 is 2.45 bits per heavy atom. The van der Waals surface area contributed by atoms with Crippen molar-refractivity contribution in [3.05, 3.63) is 72.3 Å². The molecule has 1 heterocycles. The molecule has 0 saturated heterocycles. The number of rotatable bonds is 2. The number of aliphatic imine (C=N–C) groups is 1. The first-order valence-corrected chi connectivity index (χ1v) is 7.13. The second-order valence-corrected chi connectivity index (χ2v) is 5.25. The molecule has 0 bridgehead atoms. The van der Waals surface area contributed by atoms with Gasteiger partial charge in [0.05, 0.1) is 5.69 Å². The van der Waals surface area contributed by atoms with Crippen molar-refractivity contribution < 1.29 is 5.11 Å². The smallest absolute Gasteiger partial charge is 0.115 e. The number of aromatic nitrogens is 1. The lowest BCUT2D eigenvalue weighted by atomic mass is 10.1. The van der Waals surface area contributed by atoms with Gasteiger partial charge in [0, 0.05) is 28.0 Å². The SMILES string of the molecule is Oc1ccc(/C=N/c2ccc3[nH]c4ccccc4c3c2)cc1. The van der Waals surface area contributed by atoms with Crippen molar-refractivity contribution in [1.29, 1.82) is 0 Å². The number of benzene rings is 3. The van der Waals surface area contributed by atoms with Crippen LogP contribution in [-0.2, 0) is 0 Å². The molecule has 1 aromatic heterocycles. The van der Waals surface area contributed by atoms with Gasteiger partial charge in [-0.25, -0.2) is 0 Å². The van der Waals surface area contributed by atoms with Gasteiger partial charge in [-0.3, -0.25) is 4.99 Å². The Kier molecular flexibility index (Phi) is 2.90. The van der Waals surface area contributed by atoms with Crippen molar-refractivity contribution in [3.8, 4) is 5.75 Å². The Balaban J connectivity index is 1.75. The molecule has 3 nitrogen and oxygen atoms in total. The molecule has 0 spiro atoms. The Morgan fingerprint density at radius 1 is 0.818 bits per heavy atom. The first-order valence-electron chi connectivity index (χ1n) is 7.13. The number of hydrogen-bond acceptors (Lipinski definition) is 2. The molecule has 0 aliphatic heterocycles. The highest BCUT2D eigenvalue weighted by molar-refractivity contribution is 6.08. The zero-order chi connectivity index (χ0) is 14.9. The quantitative estimate of drug-likeness (QED) is 0.512. The van der Waals surface area contributed by atoms with E-state index in [1.54, 1.807) is 18.3 Å². The highest BCUT2D eigenvalue weighted by Crippen LogP contribution is 2.28. The van der Waals surface area contributed by atoms with E-state index < -0.39 is 0 Å². The summed E-state index contributed by atoms with van der Waals surface area (Å²) in [5.41, 5.74) is 4.11. The first-order chi connectivity index (χ1) is 10.8. The summed E-state index contributed by atoms with van der Waals surface area (Å²) in [5, 5.41) is 11.7. The van der Waals surface area contributed by atoms with Crippen LogP contribution in [0.5, 0.6) is 5.75 Å². The van der Waals surface area contributed by atoms with Crippen molar-refractivity contribution in [2.24, 2.45) is 4.99 Å². The third-order valence-electron chi connectivity index (χ3n) is 3.75. The van der Waals surface area contributed by atoms with Crippen LogP contribution in [0.4, 0.5) is 5.69 Å². The fourth-order valence-electron chi connectivity index (χ4n) is 2.63. The average Bonchev–Trinajstić information content (AvgIpc) is 2.92. The van der Waals surface area contributed by atoms with Crippen LogP contribution in [0.3, 0.4) is 0 Å². The molecule has 0 saturated carbocycles. The molecular formula is C19H14N2O. The Labute approximate surface area is 127 Å². The van der Waals surface area contributed by atoms with Crippen molar-refractivity contribution in [2.75, 3.05) is 0 Å². The lowest BCUT2D eigenvalue weighted by Crippen LogP contribution is -1.78. The number of para-hydroxylation sites is 1. The highest BCUT2D eigenvalue weighted by Gasteiger charge is 2.03. The molecular weight excluding hydrogens is 272 g/mol. The summed E-state index contributed by atoms with van der Waals surface area (Å²) >= 11 is 0. The molecule has 2 N–H and O–H groups in total. The minimum absolute atomic E-state index is 0.261. The second-order valence-electron chi connectivity index (χ2n) is 5.25. The van der Waals surface area contributed by atoms with Gasteiger partial charge in [-0.1, -0.05) is 18.2 Å². The number of H-pyrrole nitrogens is 1.